The molecule has 2 aromatic carbocycles. The first kappa shape index (κ1) is 21.2. The largest absolute Gasteiger partial charge is 0.497 e. The lowest BCUT2D eigenvalue weighted by Gasteiger charge is -2.32. The molecule has 2 heterocycles. The van der Waals surface area contributed by atoms with Crippen LogP contribution in [0.5, 0.6) is 5.75 Å². The molecule has 164 valence electrons. The number of benzene rings is 2. The van der Waals surface area contributed by atoms with Gasteiger partial charge in [0.05, 0.1) is 19.0 Å². The number of ether oxygens (including phenoxy) is 1. The smallest absolute Gasteiger partial charge is 0.419 e. The number of nitrogens with zero attached hydrogens (tertiary/aromatic N) is 2. The number of likely N-dealkylation sites (tertiary alicyclic amines) is 1. The summed E-state index contributed by atoms with van der Waals surface area (Å²) in [5.74, 6) is 0.529. The number of aromatic nitrogens is 1. The number of piperidine rings is 1. The van der Waals surface area contributed by atoms with Gasteiger partial charge >= 0.3 is 5.76 Å². The number of hydrogen-bond donors (Lipinski definition) is 1. The molecule has 7 heteroatoms. The highest BCUT2D eigenvalue weighted by molar-refractivity contribution is 5.79. The minimum Gasteiger partial charge on any atom is -0.497 e. The van der Waals surface area contributed by atoms with Gasteiger partial charge in [-0.1, -0.05) is 24.3 Å². The number of rotatable bonds is 8. The zero-order valence-corrected chi connectivity index (χ0v) is 17.9. The number of amides is 1. The number of para-hydroxylation sites is 2. The van der Waals surface area contributed by atoms with E-state index < -0.39 is 0 Å². The molecule has 3 aromatic rings. The molecule has 1 amide bonds. The second-order valence-corrected chi connectivity index (χ2v) is 8.05. The predicted octanol–water partition coefficient (Wildman–Crippen LogP) is 2.82. The Bertz CT molecular complexity index is 1080. The number of carbonyl (C=O) groups excluding carboxylic acids is 1. The molecule has 1 aromatic heterocycles. The number of hydrogen-bond acceptors (Lipinski definition) is 5. The van der Waals surface area contributed by atoms with Crippen LogP contribution >= 0.6 is 0 Å². The zero-order chi connectivity index (χ0) is 21.6. The molecule has 0 spiro atoms. The zero-order valence-electron chi connectivity index (χ0n) is 17.9. The number of methoxy groups -OCH3 is 1. The Morgan fingerprint density at radius 3 is 2.74 bits per heavy atom. The van der Waals surface area contributed by atoms with Crippen LogP contribution < -0.4 is 15.8 Å². The summed E-state index contributed by atoms with van der Waals surface area (Å²) in [6, 6.07) is 15.4. The van der Waals surface area contributed by atoms with E-state index in [0.717, 1.165) is 55.7 Å². The fourth-order valence-electron chi connectivity index (χ4n) is 4.23. The summed E-state index contributed by atoms with van der Waals surface area (Å²) >= 11 is 0. The molecule has 7 nitrogen and oxygen atoms in total. The summed E-state index contributed by atoms with van der Waals surface area (Å²) < 4.78 is 12.2. The van der Waals surface area contributed by atoms with Crippen LogP contribution in [-0.2, 0) is 17.8 Å². The standard InChI is InChI=1S/C24H29N3O4/c1-30-20-7-4-6-18(16-20)17-23(28)25-19-10-14-26(15-11-19)12-5-13-27-21-8-2-3-9-22(21)31-24(27)29/h2-4,6-9,16,19H,5,10-15,17H2,1H3,(H,25,28). The Labute approximate surface area is 181 Å². The summed E-state index contributed by atoms with van der Waals surface area (Å²) in [4.78, 5) is 26.9. The van der Waals surface area contributed by atoms with E-state index >= 15 is 0 Å². The molecule has 4 rings (SSSR count). The number of nitrogens with one attached hydrogen (secondary N) is 1. The molecule has 1 aliphatic heterocycles. The Morgan fingerprint density at radius 2 is 1.94 bits per heavy atom. The average Bonchev–Trinajstić information content (AvgIpc) is 3.10. The van der Waals surface area contributed by atoms with Gasteiger partial charge in [0, 0.05) is 25.7 Å². The molecule has 0 atom stereocenters. The lowest BCUT2D eigenvalue weighted by atomic mass is 10.0. The van der Waals surface area contributed by atoms with Gasteiger partial charge in [0.1, 0.15) is 5.75 Å². The van der Waals surface area contributed by atoms with Gasteiger partial charge in [0.2, 0.25) is 5.91 Å². The third-order valence-corrected chi connectivity index (χ3v) is 5.88. The Balaban J connectivity index is 1.19. The third kappa shape index (κ3) is 5.35. The molecule has 0 bridgehead atoms. The molecule has 0 saturated carbocycles. The van der Waals surface area contributed by atoms with Gasteiger partial charge in [-0.2, -0.15) is 0 Å². The predicted molar refractivity (Wildman–Crippen MR) is 119 cm³/mol. The van der Waals surface area contributed by atoms with Crippen molar-refractivity contribution < 1.29 is 13.9 Å². The average molecular weight is 424 g/mol. The van der Waals surface area contributed by atoms with Crippen molar-refractivity contribution in [2.24, 2.45) is 0 Å². The number of carbonyl (C=O) groups is 1. The van der Waals surface area contributed by atoms with E-state index in [1.165, 1.54) is 0 Å². The number of oxazole rings is 1. The summed E-state index contributed by atoms with van der Waals surface area (Å²) in [6.07, 6.45) is 3.14. The van der Waals surface area contributed by atoms with Crippen molar-refractivity contribution in [3.63, 3.8) is 0 Å². The van der Waals surface area contributed by atoms with Crippen molar-refractivity contribution >= 4 is 17.0 Å². The highest BCUT2D eigenvalue weighted by Crippen LogP contribution is 2.15. The quantitative estimate of drug-likeness (QED) is 0.603. The van der Waals surface area contributed by atoms with Crippen molar-refractivity contribution in [3.8, 4) is 5.75 Å². The van der Waals surface area contributed by atoms with Crippen molar-refractivity contribution in [3.05, 3.63) is 64.6 Å². The first-order valence-corrected chi connectivity index (χ1v) is 10.9. The Kier molecular flexibility index (Phi) is 6.72. The highest BCUT2D eigenvalue weighted by atomic mass is 16.5. The monoisotopic (exact) mass is 423 g/mol. The van der Waals surface area contributed by atoms with Gasteiger partial charge in [0.15, 0.2) is 5.58 Å². The lowest BCUT2D eigenvalue weighted by molar-refractivity contribution is -0.121. The van der Waals surface area contributed by atoms with Crippen LogP contribution in [0.15, 0.2) is 57.7 Å². The fraction of sp³-hybridized carbons (Fsp3) is 0.417. The molecule has 0 radical (unpaired) electrons. The van der Waals surface area contributed by atoms with Crippen LogP contribution in [0, 0.1) is 0 Å². The lowest BCUT2D eigenvalue weighted by Crippen LogP contribution is -2.45. The van der Waals surface area contributed by atoms with Crippen molar-refractivity contribution in [1.29, 1.82) is 0 Å². The molecular formula is C24H29N3O4. The van der Waals surface area contributed by atoms with Crippen LogP contribution in [0.3, 0.4) is 0 Å². The van der Waals surface area contributed by atoms with Crippen LogP contribution in [0.4, 0.5) is 0 Å². The Morgan fingerprint density at radius 1 is 1.13 bits per heavy atom. The third-order valence-electron chi connectivity index (χ3n) is 5.88. The molecule has 1 aliphatic rings. The summed E-state index contributed by atoms with van der Waals surface area (Å²) in [6.45, 7) is 3.47. The second-order valence-electron chi connectivity index (χ2n) is 8.05. The van der Waals surface area contributed by atoms with E-state index in [1.54, 1.807) is 11.7 Å². The first-order chi connectivity index (χ1) is 15.1. The minimum absolute atomic E-state index is 0.0536. The molecule has 0 aliphatic carbocycles. The molecule has 1 saturated heterocycles. The fourth-order valence-corrected chi connectivity index (χ4v) is 4.23. The number of fused-ring (bicyclic) bond motifs is 1. The second kappa shape index (κ2) is 9.83. The van der Waals surface area contributed by atoms with Gasteiger partial charge in [0.25, 0.3) is 0 Å². The van der Waals surface area contributed by atoms with Crippen molar-refractivity contribution in [1.82, 2.24) is 14.8 Å². The van der Waals surface area contributed by atoms with Crippen LogP contribution in [0.1, 0.15) is 24.8 Å². The minimum atomic E-state index is -0.293. The van der Waals surface area contributed by atoms with Crippen LogP contribution in [0.2, 0.25) is 0 Å². The van der Waals surface area contributed by atoms with Gasteiger partial charge in [-0.3, -0.25) is 9.36 Å². The first-order valence-electron chi connectivity index (χ1n) is 10.9. The van der Waals surface area contributed by atoms with E-state index in [2.05, 4.69) is 10.2 Å². The van der Waals surface area contributed by atoms with E-state index in [1.807, 2.05) is 48.5 Å². The van der Waals surface area contributed by atoms with Gasteiger partial charge in [-0.15, -0.1) is 0 Å². The maximum atomic E-state index is 12.4. The summed E-state index contributed by atoms with van der Waals surface area (Å²) in [5.41, 5.74) is 2.44. The van der Waals surface area contributed by atoms with E-state index in [-0.39, 0.29) is 17.7 Å². The van der Waals surface area contributed by atoms with Crippen molar-refractivity contribution in [2.45, 2.75) is 38.3 Å². The van der Waals surface area contributed by atoms with Gasteiger partial charge < -0.3 is 19.4 Å². The van der Waals surface area contributed by atoms with Crippen LogP contribution in [-0.4, -0.2) is 48.2 Å². The maximum Gasteiger partial charge on any atom is 0.419 e. The summed E-state index contributed by atoms with van der Waals surface area (Å²) in [5, 5.41) is 3.17. The molecule has 1 N–H and O–H groups in total. The number of aryl methyl sites for hydroxylation is 1. The molecule has 0 unspecified atom stereocenters. The highest BCUT2D eigenvalue weighted by Gasteiger charge is 2.20. The normalized spacial score (nSPS) is 15.3. The Hall–Kier alpha value is -3.06. The van der Waals surface area contributed by atoms with Gasteiger partial charge in [-0.05, 0) is 55.6 Å². The molecular weight excluding hydrogens is 394 g/mol. The van der Waals surface area contributed by atoms with Gasteiger partial charge in [-0.25, -0.2) is 4.79 Å². The van der Waals surface area contributed by atoms with Crippen molar-refractivity contribution in [2.75, 3.05) is 26.7 Å². The molecule has 1 fully saturated rings. The molecule has 31 heavy (non-hydrogen) atoms. The van der Waals surface area contributed by atoms with E-state index in [9.17, 15) is 9.59 Å². The summed E-state index contributed by atoms with van der Waals surface area (Å²) in [7, 11) is 1.63. The van der Waals surface area contributed by atoms with E-state index in [4.69, 9.17) is 9.15 Å². The van der Waals surface area contributed by atoms with E-state index in [0.29, 0.717) is 18.5 Å². The van der Waals surface area contributed by atoms with Crippen LogP contribution in [0.25, 0.3) is 11.1 Å². The maximum absolute atomic E-state index is 12.4. The SMILES string of the molecule is COc1cccc(CC(=O)NC2CCN(CCCn3c(=O)oc4ccccc43)CC2)c1. The topological polar surface area (TPSA) is 76.7 Å².